The van der Waals surface area contributed by atoms with E-state index in [0.29, 0.717) is 12.0 Å². The molecular weight excluding hydrogens is 262 g/mol. The summed E-state index contributed by atoms with van der Waals surface area (Å²) in [6, 6.07) is 2.63. The Morgan fingerprint density at radius 1 is 1.33 bits per heavy atom. The van der Waals surface area contributed by atoms with Gasteiger partial charge in [0.1, 0.15) is 11.5 Å². The summed E-state index contributed by atoms with van der Waals surface area (Å²) in [5.74, 6) is 2.76. The lowest BCUT2D eigenvalue weighted by molar-refractivity contribution is -0.0982. The highest BCUT2D eigenvalue weighted by atomic mass is 16.5. The van der Waals surface area contributed by atoms with E-state index in [9.17, 15) is 0 Å². The van der Waals surface area contributed by atoms with E-state index in [1.165, 1.54) is 37.7 Å². The van der Waals surface area contributed by atoms with E-state index in [1.807, 2.05) is 6.92 Å². The molecule has 1 aromatic heterocycles. The summed E-state index contributed by atoms with van der Waals surface area (Å²) < 4.78 is 12.0. The summed E-state index contributed by atoms with van der Waals surface area (Å²) in [4.78, 5) is 0. The van der Waals surface area contributed by atoms with Crippen molar-refractivity contribution in [2.75, 3.05) is 13.2 Å². The number of aryl methyl sites for hydroxylation is 2. The molecule has 2 heterocycles. The molecule has 1 saturated carbocycles. The fraction of sp³-hybridized carbons (Fsp3) is 0.778. The smallest absolute Gasteiger partial charge is 0.105 e. The zero-order chi connectivity index (χ0) is 14.9. The first-order chi connectivity index (χ1) is 10.1. The predicted molar refractivity (Wildman–Crippen MR) is 84.5 cm³/mol. The SMILES string of the molecule is CCNC(c1cc(C)oc1C)C1CCOC2(CCCC2)C1. The minimum Gasteiger partial charge on any atom is -0.466 e. The monoisotopic (exact) mass is 291 g/mol. The van der Waals surface area contributed by atoms with Crippen molar-refractivity contribution in [2.45, 2.75) is 70.9 Å². The van der Waals surface area contributed by atoms with Crippen LogP contribution in [0.25, 0.3) is 0 Å². The van der Waals surface area contributed by atoms with Crippen LogP contribution < -0.4 is 5.32 Å². The lowest BCUT2D eigenvalue weighted by Gasteiger charge is -2.41. The number of ether oxygens (including phenoxy) is 1. The van der Waals surface area contributed by atoms with Gasteiger partial charge in [-0.05, 0) is 58.1 Å². The van der Waals surface area contributed by atoms with Crippen LogP contribution in [-0.4, -0.2) is 18.8 Å². The maximum atomic E-state index is 6.21. The first-order valence-corrected chi connectivity index (χ1v) is 8.58. The van der Waals surface area contributed by atoms with Crippen molar-refractivity contribution in [1.29, 1.82) is 0 Å². The van der Waals surface area contributed by atoms with Gasteiger partial charge in [0.15, 0.2) is 0 Å². The molecular formula is C18H29NO2. The van der Waals surface area contributed by atoms with E-state index < -0.39 is 0 Å². The summed E-state index contributed by atoms with van der Waals surface area (Å²) in [6.07, 6.45) is 7.54. The fourth-order valence-corrected chi connectivity index (χ4v) is 4.43. The number of rotatable bonds is 4. The molecule has 21 heavy (non-hydrogen) atoms. The number of furan rings is 1. The second kappa shape index (κ2) is 6.13. The van der Waals surface area contributed by atoms with Crippen LogP contribution in [-0.2, 0) is 4.74 Å². The maximum absolute atomic E-state index is 6.21. The lowest BCUT2D eigenvalue weighted by Crippen LogP contribution is -2.42. The van der Waals surface area contributed by atoms with Crippen molar-refractivity contribution < 1.29 is 9.15 Å². The molecule has 1 N–H and O–H groups in total. The van der Waals surface area contributed by atoms with E-state index in [1.54, 1.807) is 0 Å². The van der Waals surface area contributed by atoms with Crippen molar-refractivity contribution >= 4 is 0 Å². The molecule has 2 atom stereocenters. The van der Waals surface area contributed by atoms with Gasteiger partial charge in [-0.2, -0.15) is 0 Å². The van der Waals surface area contributed by atoms with E-state index >= 15 is 0 Å². The number of nitrogens with one attached hydrogen (secondary N) is 1. The molecule has 1 spiro atoms. The number of hydrogen-bond donors (Lipinski definition) is 1. The largest absolute Gasteiger partial charge is 0.466 e. The molecule has 0 aromatic carbocycles. The highest BCUT2D eigenvalue weighted by Crippen LogP contribution is 2.45. The molecule has 0 amide bonds. The van der Waals surface area contributed by atoms with Crippen LogP contribution in [0.5, 0.6) is 0 Å². The summed E-state index contributed by atoms with van der Waals surface area (Å²) in [7, 11) is 0. The highest BCUT2D eigenvalue weighted by molar-refractivity contribution is 5.25. The van der Waals surface area contributed by atoms with Crippen LogP contribution in [0.2, 0.25) is 0 Å². The third-order valence-electron chi connectivity index (χ3n) is 5.36. The Hall–Kier alpha value is -0.800. The summed E-state index contributed by atoms with van der Waals surface area (Å²) in [5.41, 5.74) is 1.54. The molecule has 1 aliphatic carbocycles. The number of hydrogen-bond acceptors (Lipinski definition) is 3. The van der Waals surface area contributed by atoms with Crippen LogP contribution in [0, 0.1) is 19.8 Å². The minimum absolute atomic E-state index is 0.184. The maximum Gasteiger partial charge on any atom is 0.105 e. The highest BCUT2D eigenvalue weighted by Gasteiger charge is 2.42. The van der Waals surface area contributed by atoms with Gasteiger partial charge in [-0.25, -0.2) is 0 Å². The lowest BCUT2D eigenvalue weighted by atomic mass is 9.78. The van der Waals surface area contributed by atoms with Gasteiger partial charge in [0.05, 0.1) is 5.60 Å². The Kier molecular flexibility index (Phi) is 4.41. The first kappa shape index (κ1) is 15.1. The van der Waals surface area contributed by atoms with E-state index in [-0.39, 0.29) is 5.60 Å². The van der Waals surface area contributed by atoms with Gasteiger partial charge in [0.25, 0.3) is 0 Å². The van der Waals surface area contributed by atoms with E-state index in [2.05, 4.69) is 25.2 Å². The van der Waals surface area contributed by atoms with E-state index in [0.717, 1.165) is 31.1 Å². The Balaban J connectivity index is 1.81. The quantitative estimate of drug-likeness (QED) is 0.898. The van der Waals surface area contributed by atoms with Crippen molar-refractivity contribution in [3.8, 4) is 0 Å². The predicted octanol–water partition coefficient (Wildman–Crippen LogP) is 4.29. The molecule has 2 fully saturated rings. The Bertz CT molecular complexity index is 474. The molecule has 118 valence electrons. The van der Waals surface area contributed by atoms with Crippen LogP contribution >= 0.6 is 0 Å². The van der Waals surface area contributed by atoms with Gasteiger partial charge in [0, 0.05) is 18.2 Å². The Labute approximate surface area is 128 Å². The van der Waals surface area contributed by atoms with Crippen molar-refractivity contribution in [3.05, 3.63) is 23.2 Å². The standard InChI is InChI=1S/C18H29NO2/c1-4-19-17(16-11-13(2)21-14(16)3)15-7-10-20-18(12-15)8-5-6-9-18/h11,15,17,19H,4-10,12H2,1-3H3. The summed E-state index contributed by atoms with van der Waals surface area (Å²) >= 11 is 0. The van der Waals surface area contributed by atoms with Crippen LogP contribution in [0.3, 0.4) is 0 Å². The molecule has 3 nitrogen and oxygen atoms in total. The van der Waals surface area contributed by atoms with Gasteiger partial charge in [0.2, 0.25) is 0 Å². The third kappa shape index (κ3) is 3.04. The van der Waals surface area contributed by atoms with E-state index in [4.69, 9.17) is 9.15 Å². The van der Waals surface area contributed by atoms with Crippen LogP contribution in [0.15, 0.2) is 10.5 Å². The summed E-state index contributed by atoms with van der Waals surface area (Å²) in [5, 5.41) is 3.71. The molecule has 0 bridgehead atoms. The van der Waals surface area contributed by atoms with Crippen LogP contribution in [0.1, 0.15) is 68.6 Å². The molecule has 3 heteroatoms. The van der Waals surface area contributed by atoms with Gasteiger partial charge in [-0.1, -0.05) is 19.8 Å². The average Bonchev–Trinajstić information content (AvgIpc) is 3.03. The zero-order valence-electron chi connectivity index (χ0n) is 13.7. The zero-order valence-corrected chi connectivity index (χ0v) is 13.7. The average molecular weight is 291 g/mol. The van der Waals surface area contributed by atoms with Gasteiger partial charge < -0.3 is 14.5 Å². The molecule has 0 radical (unpaired) electrons. The van der Waals surface area contributed by atoms with Gasteiger partial charge in [-0.3, -0.25) is 0 Å². The molecule has 2 aliphatic rings. The molecule has 1 saturated heterocycles. The molecule has 1 aliphatic heterocycles. The Morgan fingerprint density at radius 3 is 2.71 bits per heavy atom. The third-order valence-corrected chi connectivity index (χ3v) is 5.36. The normalized spacial score (nSPS) is 26.3. The Morgan fingerprint density at radius 2 is 2.10 bits per heavy atom. The van der Waals surface area contributed by atoms with Crippen LogP contribution in [0.4, 0.5) is 0 Å². The first-order valence-electron chi connectivity index (χ1n) is 8.58. The summed E-state index contributed by atoms with van der Waals surface area (Å²) in [6.45, 7) is 8.25. The topological polar surface area (TPSA) is 34.4 Å². The fourth-order valence-electron chi connectivity index (χ4n) is 4.43. The molecule has 1 aromatic rings. The minimum atomic E-state index is 0.184. The van der Waals surface area contributed by atoms with Gasteiger partial charge >= 0.3 is 0 Å². The van der Waals surface area contributed by atoms with Crippen molar-refractivity contribution in [3.63, 3.8) is 0 Å². The van der Waals surface area contributed by atoms with Crippen molar-refractivity contribution in [2.24, 2.45) is 5.92 Å². The second-order valence-electron chi connectivity index (χ2n) is 6.90. The molecule has 2 unspecified atom stereocenters. The van der Waals surface area contributed by atoms with Gasteiger partial charge in [-0.15, -0.1) is 0 Å². The second-order valence-corrected chi connectivity index (χ2v) is 6.90. The molecule has 3 rings (SSSR count). The van der Waals surface area contributed by atoms with Crippen molar-refractivity contribution in [1.82, 2.24) is 5.32 Å².